The van der Waals surface area contributed by atoms with Crippen molar-refractivity contribution in [1.29, 1.82) is 0 Å². The van der Waals surface area contributed by atoms with Crippen molar-refractivity contribution in [3.8, 4) is 0 Å². The fraction of sp³-hybridized carbons (Fsp3) is 0.333. The molecule has 0 heterocycles. The Morgan fingerprint density at radius 2 is 1.80 bits per heavy atom. The summed E-state index contributed by atoms with van der Waals surface area (Å²) in [5, 5.41) is 0. The topological polar surface area (TPSA) is 9.23 Å². The smallest absolute Gasteiger partial charge is 0.114 e. The molecule has 0 aliphatic rings. The van der Waals surface area contributed by atoms with Crippen LogP contribution in [0.4, 0.5) is 0 Å². The van der Waals surface area contributed by atoms with Crippen molar-refractivity contribution >= 4 is 0 Å². The van der Waals surface area contributed by atoms with E-state index < -0.39 is 0 Å². The van der Waals surface area contributed by atoms with Crippen LogP contribution in [0, 0.1) is 0 Å². The van der Waals surface area contributed by atoms with E-state index in [9.17, 15) is 0 Å². The normalized spacial score (nSPS) is 9.30. The van der Waals surface area contributed by atoms with Gasteiger partial charge in [0.15, 0.2) is 0 Å². The predicted molar refractivity (Wildman–Crippen MR) is 46.8 cm³/mol. The largest absolute Gasteiger partial charge is 0.497 e. The van der Waals surface area contributed by atoms with Gasteiger partial charge >= 0.3 is 0 Å². The molecule has 0 fully saturated rings. The highest BCUT2D eigenvalue weighted by Crippen LogP contribution is 2.04. The van der Waals surface area contributed by atoms with Crippen molar-refractivity contribution in [3.63, 3.8) is 0 Å². The van der Waals surface area contributed by atoms with Gasteiger partial charge in [0.25, 0.3) is 0 Å². The third kappa shape index (κ3) is 5.16. The van der Waals surface area contributed by atoms with Crippen molar-refractivity contribution in [2.24, 2.45) is 0 Å². The van der Waals surface area contributed by atoms with Crippen LogP contribution in [0.2, 0.25) is 0 Å². The van der Waals surface area contributed by atoms with E-state index in [0.717, 1.165) is 11.3 Å². The van der Waals surface area contributed by atoms with E-state index in [1.54, 1.807) is 7.11 Å². The van der Waals surface area contributed by atoms with Gasteiger partial charge in [-0.05, 0) is 19.4 Å². The first kappa shape index (κ1) is 11.8. The number of allylic oxidation sites excluding steroid dienone is 2. The lowest BCUT2D eigenvalue weighted by molar-refractivity contribution is 0.302. The van der Waals surface area contributed by atoms with E-state index in [-0.39, 0.29) is 0 Å². The lowest BCUT2D eigenvalue weighted by atomic mass is 10.2. The minimum atomic E-state index is 0.743. The average Bonchev–Trinajstić information content (AvgIpc) is 2.05. The molecule has 1 heteroatoms. The standard InChI is InChI=1S/C7H12O.C2H4/c1-5-6(2)7(3)8-4;1-2/h5H,3H2,1-2,4H3;1-2H2/b6-5-;. The second-order valence-corrected chi connectivity index (χ2v) is 1.60. The molecule has 0 spiro atoms. The van der Waals surface area contributed by atoms with Gasteiger partial charge in [0.1, 0.15) is 5.76 Å². The molecule has 0 N–H and O–H groups in total. The molecule has 58 valence electrons. The van der Waals surface area contributed by atoms with Crippen LogP contribution in [0.25, 0.3) is 0 Å². The second kappa shape index (κ2) is 8.02. The summed E-state index contributed by atoms with van der Waals surface area (Å²) in [6.07, 6.45) is 1.96. The summed E-state index contributed by atoms with van der Waals surface area (Å²) in [5.74, 6) is 0.743. The van der Waals surface area contributed by atoms with Crippen LogP contribution in [0.5, 0.6) is 0 Å². The van der Waals surface area contributed by atoms with Gasteiger partial charge in [0.2, 0.25) is 0 Å². The van der Waals surface area contributed by atoms with Gasteiger partial charge in [-0.25, -0.2) is 0 Å². The van der Waals surface area contributed by atoms with E-state index in [1.165, 1.54) is 0 Å². The lowest BCUT2D eigenvalue weighted by Crippen LogP contribution is -1.83. The minimum Gasteiger partial charge on any atom is -0.497 e. The van der Waals surface area contributed by atoms with E-state index >= 15 is 0 Å². The number of hydrogen-bond donors (Lipinski definition) is 0. The van der Waals surface area contributed by atoms with Crippen LogP contribution in [0.15, 0.2) is 37.1 Å². The molecule has 0 aromatic heterocycles. The third-order valence-electron chi connectivity index (χ3n) is 1.12. The second-order valence-electron chi connectivity index (χ2n) is 1.60. The predicted octanol–water partition coefficient (Wildman–Crippen LogP) is 2.91. The summed E-state index contributed by atoms with van der Waals surface area (Å²) in [4.78, 5) is 0. The maximum Gasteiger partial charge on any atom is 0.114 e. The Kier molecular flexibility index (Phi) is 9.44. The van der Waals surface area contributed by atoms with Crippen molar-refractivity contribution in [2.75, 3.05) is 7.11 Å². The zero-order chi connectivity index (χ0) is 8.57. The Morgan fingerprint density at radius 1 is 1.40 bits per heavy atom. The van der Waals surface area contributed by atoms with E-state index in [2.05, 4.69) is 19.7 Å². The molecule has 0 rings (SSSR count). The van der Waals surface area contributed by atoms with Crippen LogP contribution in [-0.4, -0.2) is 7.11 Å². The Hall–Kier alpha value is -0.980. The molecule has 0 radical (unpaired) electrons. The highest BCUT2D eigenvalue weighted by Gasteiger charge is 1.89. The van der Waals surface area contributed by atoms with Gasteiger partial charge in [-0.2, -0.15) is 0 Å². The van der Waals surface area contributed by atoms with Gasteiger partial charge < -0.3 is 4.74 Å². The number of methoxy groups -OCH3 is 1. The number of hydrogen-bond acceptors (Lipinski definition) is 1. The average molecular weight is 140 g/mol. The highest BCUT2D eigenvalue weighted by molar-refractivity contribution is 5.18. The highest BCUT2D eigenvalue weighted by atomic mass is 16.5. The molecule has 0 aromatic carbocycles. The minimum absolute atomic E-state index is 0.743. The zero-order valence-electron chi connectivity index (χ0n) is 7.11. The summed E-state index contributed by atoms with van der Waals surface area (Å²) < 4.78 is 4.84. The first-order valence-corrected chi connectivity index (χ1v) is 3.08. The van der Waals surface area contributed by atoms with Crippen molar-refractivity contribution < 1.29 is 4.74 Å². The molecule has 0 amide bonds. The lowest BCUT2D eigenvalue weighted by Gasteiger charge is -2.00. The molecule has 0 atom stereocenters. The van der Waals surface area contributed by atoms with E-state index in [4.69, 9.17) is 4.74 Å². The Labute approximate surface area is 63.7 Å². The third-order valence-corrected chi connectivity index (χ3v) is 1.12. The van der Waals surface area contributed by atoms with Crippen LogP contribution >= 0.6 is 0 Å². The molecule has 0 aliphatic heterocycles. The quantitative estimate of drug-likeness (QED) is 0.325. The van der Waals surface area contributed by atoms with Gasteiger partial charge in [0.05, 0.1) is 7.11 Å². The summed E-state index contributed by atoms with van der Waals surface area (Å²) in [5.41, 5.74) is 1.09. The Balaban J connectivity index is 0. The van der Waals surface area contributed by atoms with Gasteiger partial charge in [-0.1, -0.05) is 12.7 Å². The van der Waals surface area contributed by atoms with Crippen LogP contribution < -0.4 is 0 Å². The summed E-state index contributed by atoms with van der Waals surface area (Å²) in [7, 11) is 1.62. The van der Waals surface area contributed by atoms with Crippen molar-refractivity contribution in [2.45, 2.75) is 13.8 Å². The summed E-state index contributed by atoms with van der Waals surface area (Å²) in [6, 6.07) is 0. The van der Waals surface area contributed by atoms with Crippen LogP contribution in [0.3, 0.4) is 0 Å². The monoisotopic (exact) mass is 140 g/mol. The Morgan fingerprint density at radius 3 is 1.90 bits per heavy atom. The number of ether oxygens (including phenoxy) is 1. The maximum absolute atomic E-state index is 4.84. The van der Waals surface area contributed by atoms with Crippen LogP contribution in [-0.2, 0) is 4.74 Å². The molecule has 0 saturated heterocycles. The molecule has 0 saturated carbocycles. The van der Waals surface area contributed by atoms with E-state index in [0.29, 0.717) is 0 Å². The summed E-state index contributed by atoms with van der Waals surface area (Å²) in [6.45, 7) is 13.6. The summed E-state index contributed by atoms with van der Waals surface area (Å²) >= 11 is 0. The fourth-order valence-electron chi connectivity index (χ4n) is 0.322. The first-order chi connectivity index (χ1) is 4.72. The maximum atomic E-state index is 4.84. The molecule has 0 aliphatic carbocycles. The molecular weight excluding hydrogens is 124 g/mol. The van der Waals surface area contributed by atoms with Crippen molar-refractivity contribution in [1.82, 2.24) is 0 Å². The van der Waals surface area contributed by atoms with Gasteiger partial charge in [0, 0.05) is 0 Å². The number of rotatable bonds is 2. The SMILES string of the molecule is C=C.C=C(OC)/C(C)=C\C. The first-order valence-electron chi connectivity index (χ1n) is 3.08. The van der Waals surface area contributed by atoms with E-state index in [1.807, 2.05) is 19.9 Å². The fourth-order valence-corrected chi connectivity index (χ4v) is 0.322. The molecule has 1 nitrogen and oxygen atoms in total. The molecule has 10 heavy (non-hydrogen) atoms. The molecule has 0 aromatic rings. The van der Waals surface area contributed by atoms with Crippen molar-refractivity contribution in [3.05, 3.63) is 37.1 Å². The van der Waals surface area contributed by atoms with Gasteiger partial charge in [-0.15, -0.1) is 13.2 Å². The van der Waals surface area contributed by atoms with Gasteiger partial charge in [-0.3, -0.25) is 0 Å². The molecule has 0 bridgehead atoms. The van der Waals surface area contributed by atoms with Crippen LogP contribution in [0.1, 0.15) is 13.8 Å². The Bertz CT molecular complexity index is 123. The zero-order valence-corrected chi connectivity index (χ0v) is 7.11. The molecule has 0 unspecified atom stereocenters. The molecular formula is C9H16O.